The van der Waals surface area contributed by atoms with Crippen LogP contribution in [-0.4, -0.2) is 5.33 Å². The van der Waals surface area contributed by atoms with Crippen molar-refractivity contribution in [3.63, 3.8) is 0 Å². The van der Waals surface area contributed by atoms with E-state index in [4.69, 9.17) is 0 Å². The van der Waals surface area contributed by atoms with Crippen LogP contribution in [0.25, 0.3) is 0 Å². The Morgan fingerprint density at radius 3 is 2.36 bits per heavy atom. The smallest absolute Gasteiger partial charge is 0.0207 e. The summed E-state index contributed by atoms with van der Waals surface area (Å²) < 4.78 is 1.25. The Morgan fingerprint density at radius 1 is 0.929 bits per heavy atom. The number of alkyl halides is 1. The molecule has 2 heteroatoms. The number of unbranched alkanes of at least 4 members (excludes halogenated alkanes) is 3. The highest BCUT2D eigenvalue weighted by atomic mass is 79.9. The van der Waals surface area contributed by atoms with Gasteiger partial charge in [-0.05, 0) is 30.9 Å². The third-order valence-electron chi connectivity index (χ3n) is 2.29. The number of aryl methyl sites for hydroxylation is 1. The van der Waals surface area contributed by atoms with E-state index in [0.717, 1.165) is 5.33 Å². The van der Waals surface area contributed by atoms with E-state index in [0.29, 0.717) is 0 Å². The number of rotatable bonds is 6. The maximum atomic E-state index is 3.57. The van der Waals surface area contributed by atoms with Gasteiger partial charge < -0.3 is 0 Å². The molecular formula is C12H16Br2. The SMILES string of the molecule is BrCCCCCCc1ccccc1Br. The van der Waals surface area contributed by atoms with Gasteiger partial charge in [0.05, 0.1) is 0 Å². The second-order valence-corrected chi connectivity index (χ2v) is 5.09. The summed E-state index contributed by atoms with van der Waals surface area (Å²) >= 11 is 7.02. The molecule has 0 spiro atoms. The monoisotopic (exact) mass is 318 g/mol. The Labute approximate surface area is 103 Å². The van der Waals surface area contributed by atoms with Crippen molar-refractivity contribution in [2.45, 2.75) is 32.1 Å². The van der Waals surface area contributed by atoms with Crippen LogP contribution in [0.2, 0.25) is 0 Å². The number of halogens is 2. The molecular weight excluding hydrogens is 304 g/mol. The van der Waals surface area contributed by atoms with Gasteiger partial charge in [0.1, 0.15) is 0 Å². The summed E-state index contributed by atoms with van der Waals surface area (Å²) in [6.07, 6.45) is 6.48. The second kappa shape index (κ2) is 7.47. The summed E-state index contributed by atoms with van der Waals surface area (Å²) in [6.45, 7) is 0. The summed E-state index contributed by atoms with van der Waals surface area (Å²) in [5.41, 5.74) is 1.44. The van der Waals surface area contributed by atoms with Crippen LogP contribution in [0.4, 0.5) is 0 Å². The van der Waals surface area contributed by atoms with Gasteiger partial charge in [-0.15, -0.1) is 0 Å². The summed E-state index contributed by atoms with van der Waals surface area (Å²) in [5, 5.41) is 1.14. The fraction of sp³-hybridized carbons (Fsp3) is 0.500. The number of hydrogen-bond donors (Lipinski definition) is 0. The van der Waals surface area contributed by atoms with Crippen LogP contribution in [0.15, 0.2) is 28.7 Å². The predicted octanol–water partition coefficient (Wildman–Crippen LogP) is 4.95. The lowest BCUT2D eigenvalue weighted by atomic mass is 10.1. The van der Waals surface area contributed by atoms with Gasteiger partial charge in [0.2, 0.25) is 0 Å². The number of hydrogen-bond acceptors (Lipinski definition) is 0. The van der Waals surface area contributed by atoms with Crippen molar-refractivity contribution in [3.05, 3.63) is 34.3 Å². The normalized spacial score (nSPS) is 10.4. The average molecular weight is 320 g/mol. The summed E-state index contributed by atoms with van der Waals surface area (Å²) in [5.74, 6) is 0. The molecule has 0 fully saturated rings. The standard InChI is InChI=1S/C12H16Br2/c13-10-6-2-1-3-7-11-8-4-5-9-12(11)14/h4-5,8-9H,1-3,6-7,10H2. The van der Waals surface area contributed by atoms with Gasteiger partial charge in [0, 0.05) is 9.80 Å². The Balaban J connectivity index is 2.21. The van der Waals surface area contributed by atoms with Crippen LogP contribution < -0.4 is 0 Å². The lowest BCUT2D eigenvalue weighted by molar-refractivity contribution is 0.671. The van der Waals surface area contributed by atoms with Crippen LogP contribution in [0.3, 0.4) is 0 Å². The molecule has 0 N–H and O–H groups in total. The highest BCUT2D eigenvalue weighted by Gasteiger charge is 1.97. The Kier molecular flexibility index (Phi) is 6.54. The van der Waals surface area contributed by atoms with Crippen molar-refractivity contribution in [3.8, 4) is 0 Å². The molecule has 0 heterocycles. The van der Waals surface area contributed by atoms with E-state index in [-0.39, 0.29) is 0 Å². The molecule has 0 saturated heterocycles. The van der Waals surface area contributed by atoms with Gasteiger partial charge >= 0.3 is 0 Å². The zero-order chi connectivity index (χ0) is 10.2. The number of benzene rings is 1. The quantitative estimate of drug-likeness (QED) is 0.514. The summed E-state index contributed by atoms with van der Waals surface area (Å²) in [7, 11) is 0. The molecule has 14 heavy (non-hydrogen) atoms. The molecule has 0 nitrogen and oxygen atoms in total. The molecule has 0 unspecified atom stereocenters. The molecule has 0 aromatic heterocycles. The molecule has 0 aliphatic heterocycles. The van der Waals surface area contributed by atoms with Gasteiger partial charge in [-0.25, -0.2) is 0 Å². The van der Waals surface area contributed by atoms with E-state index < -0.39 is 0 Å². The summed E-state index contributed by atoms with van der Waals surface area (Å²) in [6, 6.07) is 8.50. The first-order chi connectivity index (χ1) is 6.84. The van der Waals surface area contributed by atoms with Crippen LogP contribution >= 0.6 is 31.9 Å². The lowest BCUT2D eigenvalue weighted by Gasteiger charge is -2.03. The average Bonchev–Trinajstić information content (AvgIpc) is 2.20. The minimum atomic E-state index is 1.14. The minimum absolute atomic E-state index is 1.14. The molecule has 0 aliphatic carbocycles. The third kappa shape index (κ3) is 4.61. The first-order valence-electron chi connectivity index (χ1n) is 5.14. The van der Waals surface area contributed by atoms with Gasteiger partial charge in [0.25, 0.3) is 0 Å². The molecule has 1 rings (SSSR count). The van der Waals surface area contributed by atoms with E-state index in [1.54, 1.807) is 0 Å². The molecule has 0 bridgehead atoms. The Bertz CT molecular complexity index is 258. The van der Waals surface area contributed by atoms with Crippen molar-refractivity contribution < 1.29 is 0 Å². The van der Waals surface area contributed by atoms with Crippen LogP contribution in [0, 0.1) is 0 Å². The highest BCUT2D eigenvalue weighted by molar-refractivity contribution is 9.10. The molecule has 0 atom stereocenters. The molecule has 1 aromatic rings. The molecule has 0 amide bonds. The van der Waals surface area contributed by atoms with Gasteiger partial charge in [0.15, 0.2) is 0 Å². The first-order valence-corrected chi connectivity index (χ1v) is 7.05. The van der Waals surface area contributed by atoms with Gasteiger partial charge in [-0.2, -0.15) is 0 Å². The first kappa shape index (κ1) is 12.3. The van der Waals surface area contributed by atoms with E-state index >= 15 is 0 Å². The Hall–Kier alpha value is 0.180. The Morgan fingerprint density at radius 2 is 1.64 bits per heavy atom. The third-order valence-corrected chi connectivity index (χ3v) is 3.62. The van der Waals surface area contributed by atoms with E-state index in [1.807, 2.05) is 0 Å². The maximum absolute atomic E-state index is 3.57. The van der Waals surface area contributed by atoms with Crippen molar-refractivity contribution in [2.24, 2.45) is 0 Å². The minimum Gasteiger partial charge on any atom is -0.0928 e. The fourth-order valence-electron chi connectivity index (χ4n) is 1.46. The predicted molar refractivity (Wildman–Crippen MR) is 70.1 cm³/mol. The molecule has 78 valence electrons. The molecule has 0 aliphatic rings. The second-order valence-electron chi connectivity index (χ2n) is 3.44. The maximum Gasteiger partial charge on any atom is 0.0207 e. The zero-order valence-corrected chi connectivity index (χ0v) is 11.5. The molecule has 0 saturated carbocycles. The molecule has 1 aromatic carbocycles. The van der Waals surface area contributed by atoms with E-state index in [9.17, 15) is 0 Å². The van der Waals surface area contributed by atoms with E-state index in [2.05, 4.69) is 56.1 Å². The fourth-order valence-corrected chi connectivity index (χ4v) is 2.34. The van der Waals surface area contributed by atoms with Crippen molar-refractivity contribution in [1.82, 2.24) is 0 Å². The highest BCUT2D eigenvalue weighted by Crippen LogP contribution is 2.18. The topological polar surface area (TPSA) is 0 Å². The van der Waals surface area contributed by atoms with Gasteiger partial charge in [-0.3, -0.25) is 0 Å². The van der Waals surface area contributed by atoms with Crippen LogP contribution in [0.1, 0.15) is 31.2 Å². The van der Waals surface area contributed by atoms with Crippen molar-refractivity contribution >= 4 is 31.9 Å². The largest absolute Gasteiger partial charge is 0.0928 e. The van der Waals surface area contributed by atoms with E-state index in [1.165, 1.54) is 42.1 Å². The molecule has 0 radical (unpaired) electrons. The van der Waals surface area contributed by atoms with Crippen molar-refractivity contribution in [2.75, 3.05) is 5.33 Å². The summed E-state index contributed by atoms with van der Waals surface area (Å²) in [4.78, 5) is 0. The lowest BCUT2D eigenvalue weighted by Crippen LogP contribution is -1.87. The van der Waals surface area contributed by atoms with Crippen LogP contribution in [-0.2, 0) is 6.42 Å². The van der Waals surface area contributed by atoms with Crippen molar-refractivity contribution in [1.29, 1.82) is 0 Å². The van der Waals surface area contributed by atoms with Gasteiger partial charge in [-0.1, -0.05) is 62.9 Å². The van der Waals surface area contributed by atoms with Crippen LogP contribution in [0.5, 0.6) is 0 Å². The zero-order valence-electron chi connectivity index (χ0n) is 8.31.